The number of fused-ring (bicyclic) bond motifs is 4. The van der Waals surface area contributed by atoms with Crippen molar-refractivity contribution < 1.29 is 0 Å². The van der Waals surface area contributed by atoms with Gasteiger partial charge >= 0.3 is 0 Å². The predicted molar refractivity (Wildman–Crippen MR) is 523 cm³/mol. The van der Waals surface area contributed by atoms with Gasteiger partial charge in [0, 0.05) is 45.0 Å². The van der Waals surface area contributed by atoms with Crippen molar-refractivity contribution in [1.82, 2.24) is 0 Å². The molecule has 0 aliphatic carbocycles. The van der Waals surface area contributed by atoms with Gasteiger partial charge in [0.05, 0.1) is 11.4 Å². The van der Waals surface area contributed by atoms with E-state index in [0.717, 1.165) is 89.8 Å². The Bertz CT molecular complexity index is 6430. The zero-order valence-electron chi connectivity index (χ0n) is 69.3. The van der Waals surface area contributed by atoms with E-state index in [2.05, 4.69) is 506 Å². The quantitative estimate of drug-likeness (QED) is 0.0662. The zero-order chi connectivity index (χ0) is 81.8. The van der Waals surface area contributed by atoms with Crippen molar-refractivity contribution in [3.05, 3.63) is 466 Å². The molecule has 0 aromatic heterocycles. The molecular weight excluding hydrogens is 1490 g/mol. The van der Waals surface area contributed by atoms with Crippen LogP contribution in [-0.2, 0) is 10.8 Å². The second kappa shape index (κ2) is 31.4. The molecule has 0 bridgehead atoms. The maximum Gasteiger partial charge on any atom is 0.252 e. The van der Waals surface area contributed by atoms with Crippen LogP contribution < -0.4 is 67.7 Å². The first-order valence-corrected chi connectivity index (χ1v) is 46.6. The van der Waals surface area contributed by atoms with Crippen molar-refractivity contribution in [1.29, 1.82) is 0 Å². The van der Waals surface area contributed by atoms with Gasteiger partial charge in [-0.2, -0.15) is 0 Å². The molecule has 0 fully saturated rings. The summed E-state index contributed by atoms with van der Waals surface area (Å²) in [7, 11) is -7.21. The summed E-state index contributed by atoms with van der Waals surface area (Å²) in [6.07, 6.45) is 0. The first kappa shape index (κ1) is 75.8. The molecule has 2 aliphatic rings. The molecule has 121 heavy (non-hydrogen) atoms. The van der Waals surface area contributed by atoms with E-state index in [-0.39, 0.29) is 17.5 Å². The fraction of sp³-hybridized carbons (Fsp3) is 0.0690. The van der Waals surface area contributed by atoms with Gasteiger partial charge in [-0.3, -0.25) is 0 Å². The molecule has 2 nitrogen and oxygen atoms in total. The van der Waals surface area contributed by atoms with Gasteiger partial charge in [0.1, 0.15) is 0 Å². The van der Waals surface area contributed by atoms with Crippen LogP contribution in [0.5, 0.6) is 0 Å². The highest BCUT2D eigenvalue weighted by Gasteiger charge is 2.49. The lowest BCUT2D eigenvalue weighted by atomic mass is 9.33. The number of hydrogen-bond acceptors (Lipinski definition) is 2. The predicted octanol–water partition coefficient (Wildman–Crippen LogP) is 22.8. The van der Waals surface area contributed by atoms with E-state index in [4.69, 9.17) is 0 Å². The summed E-state index contributed by atoms with van der Waals surface area (Å²) in [5, 5.41) is 10.3. The third kappa shape index (κ3) is 13.5. The molecule has 0 amide bonds. The lowest BCUT2D eigenvalue weighted by Crippen LogP contribution is -2.78. The molecule has 2 heterocycles. The van der Waals surface area contributed by atoms with Gasteiger partial charge in [-0.15, -0.1) is 0 Å². The monoisotopic (exact) mass is 1580 g/mol. The molecule has 578 valence electrons. The van der Waals surface area contributed by atoms with Crippen LogP contribution in [0.2, 0.25) is 0 Å². The van der Waals surface area contributed by atoms with Crippen LogP contribution in [0.15, 0.2) is 455 Å². The van der Waals surface area contributed by atoms with Gasteiger partial charge < -0.3 is 9.80 Å². The van der Waals surface area contributed by atoms with Crippen molar-refractivity contribution in [3.63, 3.8) is 0 Å². The van der Waals surface area contributed by atoms with Crippen LogP contribution in [-0.4, -0.2) is 22.9 Å². The lowest BCUT2D eigenvalue weighted by molar-refractivity contribution is 0.590. The minimum absolute atomic E-state index is 0.201. The summed E-state index contributed by atoms with van der Waals surface area (Å²) in [4.78, 5) is 5.48. The lowest BCUT2D eigenvalue weighted by Gasteiger charge is -2.46. The van der Waals surface area contributed by atoms with Crippen LogP contribution in [0.4, 0.5) is 34.1 Å². The summed E-state index contributed by atoms with van der Waals surface area (Å²) < 4.78 is 0. The summed E-state index contributed by atoms with van der Waals surface area (Å²) in [5.74, 6) is 0. The SMILES string of the molecule is CC(C)(C)c1ccc2c(c1)B1c3ccc(C(C)(C)C)cc3N(c3c(-c4ccccc4)cccc3-c3ccccc3)c3cc(-c4cc([Si](c5ccccc5)(c5ccccc5)c5cccc(-c6ccccc6)c5)cc([Si](c5ccccc5)(c5ccccc5)c5cccc(-c6ccccc6)c5)c4)cc(c31)N2c1c(-c2ccccc2)cccc1-c1ccccc1. The Morgan fingerprint density at radius 3 is 0.826 bits per heavy atom. The number of benzene rings is 18. The molecule has 0 saturated carbocycles. The minimum Gasteiger partial charge on any atom is -0.310 e. The van der Waals surface area contributed by atoms with Gasteiger partial charge in [-0.05, 0) is 160 Å². The highest BCUT2D eigenvalue weighted by Crippen LogP contribution is 2.54. The van der Waals surface area contributed by atoms with Crippen molar-refractivity contribution >= 4 is 115 Å². The van der Waals surface area contributed by atoms with Crippen LogP contribution in [0, 0.1) is 0 Å². The second-order valence-electron chi connectivity index (χ2n) is 34.6. The van der Waals surface area contributed by atoms with E-state index in [9.17, 15) is 0 Å². The largest absolute Gasteiger partial charge is 0.310 e. The maximum atomic E-state index is 2.75. The molecule has 2 aliphatic heterocycles. The van der Waals surface area contributed by atoms with Crippen LogP contribution in [0.3, 0.4) is 0 Å². The average Bonchev–Trinajstić information content (AvgIpc) is 0.677. The molecule has 18 aromatic carbocycles. The Labute approximate surface area is 715 Å². The maximum absolute atomic E-state index is 3.61. The first-order valence-electron chi connectivity index (χ1n) is 42.6. The van der Waals surface area contributed by atoms with Crippen molar-refractivity contribution in [2.45, 2.75) is 52.4 Å². The van der Waals surface area contributed by atoms with Crippen LogP contribution in [0.1, 0.15) is 52.7 Å². The van der Waals surface area contributed by atoms with E-state index >= 15 is 0 Å². The molecule has 0 radical (unpaired) electrons. The average molecular weight is 1580 g/mol. The molecule has 0 N–H and O–H groups in total. The van der Waals surface area contributed by atoms with Gasteiger partial charge in [0.25, 0.3) is 6.71 Å². The molecule has 0 unspecified atom stereocenters. The summed E-state index contributed by atoms with van der Waals surface area (Å²) >= 11 is 0. The van der Waals surface area contributed by atoms with E-state index in [1.54, 1.807) is 0 Å². The van der Waals surface area contributed by atoms with Gasteiger partial charge in [-0.25, -0.2) is 0 Å². The van der Waals surface area contributed by atoms with E-state index < -0.39 is 16.1 Å². The number of anilines is 6. The second-order valence-corrected chi connectivity index (χ2v) is 42.2. The highest BCUT2D eigenvalue weighted by atomic mass is 28.3. The van der Waals surface area contributed by atoms with Gasteiger partial charge in [-0.1, -0.05) is 472 Å². The van der Waals surface area contributed by atoms with Crippen molar-refractivity contribution in [2.75, 3.05) is 9.80 Å². The van der Waals surface area contributed by atoms with Crippen molar-refractivity contribution in [2.24, 2.45) is 0 Å². The molecular formula is C116H93BN2Si2. The van der Waals surface area contributed by atoms with E-state index in [1.165, 1.54) is 91.3 Å². The summed E-state index contributed by atoms with van der Waals surface area (Å²) in [6.45, 7) is 14.0. The zero-order valence-corrected chi connectivity index (χ0v) is 71.3. The van der Waals surface area contributed by atoms with E-state index in [1.807, 2.05) is 0 Å². The van der Waals surface area contributed by atoms with Gasteiger partial charge in [0.15, 0.2) is 16.1 Å². The Morgan fingerprint density at radius 2 is 0.471 bits per heavy atom. The van der Waals surface area contributed by atoms with E-state index in [0.29, 0.717) is 0 Å². The Morgan fingerprint density at radius 1 is 0.190 bits per heavy atom. The molecule has 0 atom stereocenters. The third-order valence-electron chi connectivity index (χ3n) is 25.4. The first-order chi connectivity index (χ1) is 59.3. The summed E-state index contributed by atoms with van der Waals surface area (Å²) in [6, 6.07) is 175. The summed E-state index contributed by atoms with van der Waals surface area (Å²) in [5.41, 5.74) is 28.7. The standard InChI is InChI=1S/C116H93BN2Si2/c1-115(2,3)92-70-72-108-107(79-92)117-106-71-69-93(116(4,5)6)80-109(106)119(114-104(86-49-25-11-26-50-86)67-40-68-105(114)87-51-27-12-28-52-87)111-78-91(77-110(112(111)117)118(108)113-102(84-45-21-9-22-46-84)65-39-66-103(113)85-47-23-10-24-48-85)90-75-100(120(94-55-29-13-30-56-94,95-57-31-14-32-58-95)98-63-37-53-88(73-98)82-41-17-7-18-42-82)81-101(76-90)121(96-59-33-15-34-60-96,97-61-35-16-36-62-97)99-64-38-54-89(74-99)83-43-19-8-20-44-83/h7-81H,1-6H3. The van der Waals surface area contributed by atoms with Crippen molar-refractivity contribution in [3.8, 4) is 77.9 Å². The number of para-hydroxylation sites is 2. The molecule has 5 heteroatoms. The smallest absolute Gasteiger partial charge is 0.252 e. The Balaban J connectivity index is 1.02. The number of rotatable bonds is 17. The third-order valence-corrected chi connectivity index (χ3v) is 34.9. The van der Waals surface area contributed by atoms with Crippen LogP contribution >= 0.6 is 0 Å². The highest BCUT2D eigenvalue weighted by molar-refractivity contribution is 7.22. The molecule has 0 saturated heterocycles. The molecule has 20 rings (SSSR count). The minimum atomic E-state index is -3.61. The Hall–Kier alpha value is -13.9. The normalized spacial score (nSPS) is 12.5. The number of hydrogen-bond donors (Lipinski definition) is 0. The number of nitrogens with zero attached hydrogens (tertiary/aromatic N) is 2. The molecule has 18 aromatic rings. The topological polar surface area (TPSA) is 6.48 Å². The fourth-order valence-corrected chi connectivity index (χ4v) is 29.5. The fourth-order valence-electron chi connectivity index (χ4n) is 19.7. The van der Waals surface area contributed by atoms with Crippen LogP contribution in [0.25, 0.3) is 77.9 Å². The van der Waals surface area contributed by atoms with Gasteiger partial charge in [0.2, 0.25) is 0 Å². The Kier molecular flexibility index (Phi) is 19.7. The molecule has 0 spiro atoms.